The Morgan fingerprint density at radius 2 is 1.09 bits per heavy atom. The van der Waals surface area contributed by atoms with Crippen molar-refractivity contribution in [3.05, 3.63) is 168 Å². The molecule has 0 aliphatic carbocycles. The third kappa shape index (κ3) is 16.2. The van der Waals surface area contributed by atoms with E-state index in [2.05, 4.69) is 31.6 Å². The van der Waals surface area contributed by atoms with Crippen LogP contribution in [0.15, 0.2) is 134 Å². The number of ether oxygens (including phenoxy) is 2. The van der Waals surface area contributed by atoms with E-state index in [-0.39, 0.29) is 68.7 Å². The van der Waals surface area contributed by atoms with Gasteiger partial charge in [0.2, 0.25) is 0 Å². The maximum Gasteiger partial charge on any atom is 0.333 e. The number of nitrogen functional groups attached to an aromatic ring is 1. The number of carbonyl (C=O) groups excluding carboxylic acids is 4. The van der Waals surface area contributed by atoms with E-state index in [1.807, 2.05) is 59.6 Å². The minimum absolute atomic E-state index is 0.0229. The maximum absolute atomic E-state index is 13.5. The number of nitriles is 1. The van der Waals surface area contributed by atoms with Crippen LogP contribution in [0.1, 0.15) is 70.2 Å². The van der Waals surface area contributed by atoms with Crippen molar-refractivity contribution in [1.29, 1.82) is 10.7 Å². The second-order valence-electron chi connectivity index (χ2n) is 17.0. The molecule has 4 heterocycles. The number of fused-ring (bicyclic) bond motifs is 2. The van der Waals surface area contributed by atoms with Gasteiger partial charge in [0.15, 0.2) is 6.61 Å². The predicted octanol–water partition coefficient (Wildman–Crippen LogP) is 7.08. The molecule has 23 heteroatoms. The molecular weight excluding hydrogens is 1010 g/mol. The van der Waals surface area contributed by atoms with Crippen LogP contribution in [0.4, 0.5) is 23.0 Å². The molecule has 23 nitrogen and oxygen atoms in total. The third-order valence-electron chi connectivity index (χ3n) is 11.8. The smallest absolute Gasteiger partial charge is 0.333 e. The molecule has 79 heavy (non-hydrogen) atoms. The lowest BCUT2D eigenvalue weighted by Gasteiger charge is -2.21. The summed E-state index contributed by atoms with van der Waals surface area (Å²) in [6.07, 6.45) is 3.34. The highest BCUT2D eigenvalue weighted by Crippen LogP contribution is 2.24. The Labute approximate surface area is 454 Å². The lowest BCUT2D eigenvalue weighted by molar-refractivity contribution is -0.243. The van der Waals surface area contributed by atoms with E-state index < -0.39 is 12.6 Å². The maximum atomic E-state index is 13.5. The summed E-state index contributed by atoms with van der Waals surface area (Å²) >= 11 is 0. The van der Waals surface area contributed by atoms with Crippen LogP contribution in [0.2, 0.25) is 0 Å². The number of rotatable bonds is 21. The molecule has 0 saturated carbocycles. The second-order valence-corrected chi connectivity index (χ2v) is 17.0. The van der Waals surface area contributed by atoms with Crippen molar-refractivity contribution in [2.75, 3.05) is 53.3 Å². The van der Waals surface area contributed by atoms with E-state index in [1.165, 1.54) is 9.80 Å². The van der Waals surface area contributed by atoms with Crippen LogP contribution in [0.5, 0.6) is 0 Å². The summed E-state index contributed by atoms with van der Waals surface area (Å²) in [7, 11) is 3.85. The number of hydrogen-bond acceptors (Lipinski definition) is 17. The number of anilines is 4. The number of carbonyl (C=O) groups is 5. The molecular formula is C56H59N13O10. The summed E-state index contributed by atoms with van der Waals surface area (Å²) < 4.78 is 14.0. The van der Waals surface area contributed by atoms with Gasteiger partial charge in [-0.2, -0.15) is 5.26 Å². The number of hydrogen-bond donors (Lipinski definition) is 6. The fourth-order valence-electron chi connectivity index (χ4n) is 7.78. The van der Waals surface area contributed by atoms with Crippen LogP contribution >= 0.6 is 0 Å². The number of imidazole rings is 2. The first-order valence-corrected chi connectivity index (χ1v) is 24.7. The molecule has 8 rings (SSSR count). The molecule has 0 atom stereocenters. The molecule has 0 unspecified atom stereocenters. The van der Waals surface area contributed by atoms with Gasteiger partial charge in [0.1, 0.15) is 29.1 Å². The molecule has 0 fully saturated rings. The Morgan fingerprint density at radius 3 is 1.44 bits per heavy atom. The van der Waals surface area contributed by atoms with Gasteiger partial charge in [0.05, 0.1) is 72.8 Å². The van der Waals surface area contributed by atoms with Crippen LogP contribution in [-0.2, 0) is 55.9 Å². The molecule has 4 aromatic carbocycles. The fraction of sp³-hybridized carbons (Fsp3) is 0.232. The van der Waals surface area contributed by atoms with E-state index in [9.17, 15) is 24.0 Å². The molecule has 8 aromatic rings. The number of nitrogens with zero attached hydrogens (tertiary/aromatic N) is 9. The van der Waals surface area contributed by atoms with Crippen LogP contribution in [0, 0.1) is 16.7 Å². The first-order valence-electron chi connectivity index (χ1n) is 24.7. The minimum Gasteiger partial charge on any atom is -0.479 e. The average Bonchev–Trinajstić information content (AvgIpc) is 4.00. The highest BCUT2D eigenvalue weighted by atomic mass is 17.1. The van der Waals surface area contributed by atoms with E-state index in [4.69, 9.17) is 46.2 Å². The summed E-state index contributed by atoms with van der Waals surface area (Å²) in [5.74, 6) is 0.0481. The summed E-state index contributed by atoms with van der Waals surface area (Å²) in [5, 5.41) is 38.1. The van der Waals surface area contributed by atoms with E-state index in [0.29, 0.717) is 58.0 Å². The van der Waals surface area contributed by atoms with Crippen LogP contribution in [-0.4, -0.2) is 108 Å². The lowest BCUT2D eigenvalue weighted by atomic mass is 10.1. The number of amides is 2. The van der Waals surface area contributed by atoms with Gasteiger partial charge >= 0.3 is 17.9 Å². The highest BCUT2D eigenvalue weighted by Gasteiger charge is 2.23. The van der Waals surface area contributed by atoms with Crippen molar-refractivity contribution in [2.24, 2.45) is 19.8 Å². The Hall–Kier alpha value is -10.1. The van der Waals surface area contributed by atoms with Gasteiger partial charge in [-0.25, -0.2) is 29.6 Å². The molecule has 2 amide bonds. The summed E-state index contributed by atoms with van der Waals surface area (Å²) in [6.45, 7) is 4.64. The number of aliphatic carboxylic acids is 1. The first kappa shape index (κ1) is 58.2. The number of nitrogens with two attached hydrogens (primary N) is 1. The zero-order valence-corrected chi connectivity index (χ0v) is 43.8. The monoisotopic (exact) mass is 1070 g/mol. The Morgan fingerprint density at radius 1 is 0.658 bits per heavy atom. The van der Waals surface area contributed by atoms with Crippen molar-refractivity contribution in [3.63, 3.8) is 0 Å². The van der Waals surface area contributed by atoms with Crippen LogP contribution in [0.3, 0.4) is 0 Å². The fourth-order valence-corrected chi connectivity index (χ4v) is 7.78. The summed E-state index contributed by atoms with van der Waals surface area (Å²) in [5.41, 5.74) is 12.6. The number of amidine groups is 1. The van der Waals surface area contributed by atoms with Crippen LogP contribution in [0.25, 0.3) is 22.1 Å². The number of pyridine rings is 2. The zero-order valence-electron chi connectivity index (χ0n) is 43.8. The number of carboxylic acid groups (broad SMARTS) is 1. The molecule has 0 bridgehead atoms. The first-order chi connectivity index (χ1) is 38.1. The molecule has 0 saturated heterocycles. The van der Waals surface area contributed by atoms with Crippen molar-refractivity contribution in [1.82, 2.24) is 29.1 Å². The molecule has 0 aliphatic heterocycles. The molecule has 0 radical (unpaired) electrons. The standard InChI is InChI=1S/C27H29N7O3.C27H26N6O3.C2H4O4/c1-3-37-25(35)13-15-34(23-6-4-5-14-30-23)27(36)19-9-12-22-21(16-19)32-24(33(22)2)17-31-20-10-7-18(8-11-20)26(28)29;1-3-36-26(34)13-15-33(24-6-4-5-14-29-24)27(35)20-9-12-23-22(16-20)31-25(32(23)2)18-30-21-10-7-19(17-28)8-11-21;3-2(4)1-6-5/h4-12,14,16,31H,3,13,15,17H2,1-2H3,(H3,28,29);4-12,14,16,30H,3,13,15,18H2,1-2H3;5H,1H2,(H,3,4). The van der Waals surface area contributed by atoms with E-state index in [0.717, 1.165) is 34.1 Å². The normalized spacial score (nSPS) is 10.5. The molecule has 7 N–H and O–H groups in total. The number of nitrogens with one attached hydrogen (secondary N) is 3. The molecule has 0 aliphatic rings. The lowest BCUT2D eigenvalue weighted by Crippen LogP contribution is -2.34. The number of esters is 2. The highest BCUT2D eigenvalue weighted by molar-refractivity contribution is 6.08. The van der Waals surface area contributed by atoms with Crippen molar-refractivity contribution in [2.45, 2.75) is 39.8 Å². The quantitative estimate of drug-likeness (QED) is 0.0138. The van der Waals surface area contributed by atoms with Gasteiger partial charge in [-0.05, 0) is 123 Å². The number of aryl methyl sites for hydroxylation is 2. The number of benzene rings is 4. The topological polar surface area (TPSA) is 319 Å². The van der Waals surface area contributed by atoms with Gasteiger partial charge in [-0.1, -0.05) is 12.1 Å². The third-order valence-corrected chi connectivity index (χ3v) is 11.8. The number of aromatic nitrogens is 6. The molecule has 408 valence electrons. The predicted molar refractivity (Wildman–Crippen MR) is 295 cm³/mol. The Bertz CT molecular complexity index is 3420. The average molecular weight is 1070 g/mol. The SMILES string of the molecule is CCOC(=O)CCN(C(=O)c1ccc2c(c1)nc(CNc1ccc(C#N)cc1)n2C)c1ccccn1.CCOC(=O)CCN(C(=O)c1ccc2c(c1)nc(CNc1ccc(C(=N)N)cc1)n2C)c1ccccn1.O=C(O)COO. The van der Waals surface area contributed by atoms with Gasteiger partial charge in [-0.15, -0.1) is 0 Å². The largest absolute Gasteiger partial charge is 0.479 e. The van der Waals surface area contributed by atoms with Gasteiger partial charge < -0.3 is 40.1 Å². The van der Waals surface area contributed by atoms with Gasteiger partial charge in [0, 0.05) is 67.6 Å². The van der Waals surface area contributed by atoms with Crippen molar-refractivity contribution >= 4 is 80.6 Å². The number of carboxylic acids is 1. The summed E-state index contributed by atoms with van der Waals surface area (Å²) in [6, 6.07) is 37.9. The minimum atomic E-state index is -1.18. The van der Waals surface area contributed by atoms with E-state index >= 15 is 0 Å². The van der Waals surface area contributed by atoms with Crippen molar-refractivity contribution < 1.29 is 48.7 Å². The zero-order chi connectivity index (χ0) is 56.8. The van der Waals surface area contributed by atoms with E-state index in [1.54, 1.807) is 111 Å². The second kappa shape index (κ2) is 28.7. The molecule has 4 aromatic heterocycles. The van der Waals surface area contributed by atoms with Gasteiger partial charge in [0.25, 0.3) is 11.8 Å². The van der Waals surface area contributed by atoms with Crippen molar-refractivity contribution in [3.8, 4) is 6.07 Å². The Kier molecular flexibility index (Phi) is 21.2. The van der Waals surface area contributed by atoms with Gasteiger partial charge in [-0.3, -0.25) is 39.6 Å². The Balaban J connectivity index is 0.000000231. The van der Waals surface area contributed by atoms with Crippen LogP contribution < -0.4 is 26.2 Å². The summed E-state index contributed by atoms with van der Waals surface area (Å²) in [4.78, 5) is 84.4. The molecule has 0 spiro atoms.